The first-order valence-electron chi connectivity index (χ1n) is 5.43. The first-order valence-corrected chi connectivity index (χ1v) is 5.43. The molecule has 0 aliphatic rings. The summed E-state index contributed by atoms with van der Waals surface area (Å²) >= 11 is 0. The normalized spacial score (nSPS) is 9.16. The zero-order valence-corrected chi connectivity index (χ0v) is 10.0. The fraction of sp³-hybridized carbons (Fsp3) is 0.231. The molecule has 6 nitrogen and oxygen atoms in total. The number of aliphatic carboxylic acids is 1. The van der Waals surface area contributed by atoms with Crippen molar-refractivity contribution in [3.8, 4) is 12.1 Å². The highest BCUT2D eigenvalue weighted by molar-refractivity contribution is 5.96. The Hall–Kier alpha value is -2.86. The largest absolute Gasteiger partial charge is 0.481 e. The first kappa shape index (κ1) is 14.2. The molecule has 0 radical (unpaired) electrons. The standard InChI is InChI=1S/C13H11N3O3/c14-5-7-16(8-6-15)13(19)11-4-2-1-3-10(11)9-12(17)18/h1-4H,7-9H2,(H,17,18). The van der Waals surface area contributed by atoms with Crippen LogP contribution in [0.3, 0.4) is 0 Å². The van der Waals surface area contributed by atoms with Crippen molar-refractivity contribution in [2.45, 2.75) is 6.42 Å². The Bertz CT molecular complexity index is 553. The number of rotatable bonds is 5. The Balaban J connectivity index is 3.07. The zero-order chi connectivity index (χ0) is 14.3. The molecule has 0 unspecified atom stereocenters. The smallest absolute Gasteiger partial charge is 0.307 e. The topological polar surface area (TPSA) is 105 Å². The molecule has 6 heteroatoms. The summed E-state index contributed by atoms with van der Waals surface area (Å²) in [6.07, 6.45) is -0.283. The highest BCUT2D eigenvalue weighted by atomic mass is 16.4. The van der Waals surface area contributed by atoms with Gasteiger partial charge in [0.15, 0.2) is 0 Å². The summed E-state index contributed by atoms with van der Waals surface area (Å²) in [6.45, 7) is -0.429. The molecule has 0 saturated carbocycles. The van der Waals surface area contributed by atoms with Crippen molar-refractivity contribution in [2.75, 3.05) is 13.1 Å². The van der Waals surface area contributed by atoms with Crippen molar-refractivity contribution in [2.24, 2.45) is 0 Å². The Morgan fingerprint density at radius 3 is 2.26 bits per heavy atom. The van der Waals surface area contributed by atoms with Gasteiger partial charge in [0.05, 0.1) is 18.6 Å². The SMILES string of the molecule is N#CCN(CC#N)C(=O)c1ccccc1CC(=O)O. The van der Waals surface area contributed by atoms with Crippen LogP contribution in [-0.4, -0.2) is 35.0 Å². The van der Waals surface area contributed by atoms with Crippen LogP contribution in [0.2, 0.25) is 0 Å². The van der Waals surface area contributed by atoms with E-state index in [1.165, 1.54) is 12.1 Å². The van der Waals surface area contributed by atoms with E-state index in [-0.39, 0.29) is 25.1 Å². The lowest BCUT2D eigenvalue weighted by atomic mass is 10.0. The van der Waals surface area contributed by atoms with E-state index in [1.807, 2.05) is 0 Å². The number of hydrogen-bond donors (Lipinski definition) is 1. The van der Waals surface area contributed by atoms with Gasteiger partial charge in [0.25, 0.3) is 5.91 Å². The number of carbonyl (C=O) groups is 2. The van der Waals surface area contributed by atoms with Gasteiger partial charge in [-0.25, -0.2) is 0 Å². The van der Waals surface area contributed by atoms with Gasteiger partial charge in [0.2, 0.25) is 0 Å². The third-order valence-corrected chi connectivity index (χ3v) is 2.40. The average Bonchev–Trinajstić information content (AvgIpc) is 2.38. The molecular weight excluding hydrogens is 246 g/mol. The molecule has 0 bridgehead atoms. The van der Waals surface area contributed by atoms with Crippen molar-refractivity contribution in [3.05, 3.63) is 35.4 Å². The van der Waals surface area contributed by atoms with Gasteiger partial charge in [-0.15, -0.1) is 0 Å². The number of nitriles is 2. The number of carboxylic acid groups (broad SMARTS) is 1. The summed E-state index contributed by atoms with van der Waals surface area (Å²) in [5, 5.41) is 26.0. The maximum Gasteiger partial charge on any atom is 0.307 e. The maximum absolute atomic E-state index is 12.2. The zero-order valence-electron chi connectivity index (χ0n) is 10.0. The number of hydrogen-bond acceptors (Lipinski definition) is 4. The monoisotopic (exact) mass is 257 g/mol. The van der Waals surface area contributed by atoms with Crippen molar-refractivity contribution in [1.82, 2.24) is 4.90 Å². The number of nitrogens with zero attached hydrogens (tertiary/aromatic N) is 3. The Kier molecular flexibility index (Phi) is 5.06. The number of carboxylic acids is 1. The minimum Gasteiger partial charge on any atom is -0.481 e. The maximum atomic E-state index is 12.2. The number of carbonyl (C=O) groups excluding carboxylic acids is 1. The third kappa shape index (κ3) is 3.83. The summed E-state index contributed by atoms with van der Waals surface area (Å²) in [5.41, 5.74) is 0.566. The summed E-state index contributed by atoms with van der Waals surface area (Å²) in [6, 6.07) is 9.87. The van der Waals surface area contributed by atoms with E-state index < -0.39 is 11.9 Å². The van der Waals surface area contributed by atoms with Gasteiger partial charge in [0.1, 0.15) is 13.1 Å². The van der Waals surface area contributed by atoms with Gasteiger partial charge >= 0.3 is 5.97 Å². The lowest BCUT2D eigenvalue weighted by Crippen LogP contribution is -2.32. The minimum atomic E-state index is -1.05. The number of amides is 1. The molecule has 0 atom stereocenters. The van der Waals surface area contributed by atoms with Crippen LogP contribution in [0.4, 0.5) is 0 Å². The van der Waals surface area contributed by atoms with Crippen LogP contribution < -0.4 is 0 Å². The van der Waals surface area contributed by atoms with Crippen molar-refractivity contribution >= 4 is 11.9 Å². The summed E-state index contributed by atoms with van der Waals surface area (Å²) in [5.74, 6) is -1.56. The lowest BCUT2D eigenvalue weighted by molar-refractivity contribution is -0.136. The predicted octanol–water partition coefficient (Wildman–Crippen LogP) is 0.803. The highest BCUT2D eigenvalue weighted by Crippen LogP contribution is 2.12. The third-order valence-electron chi connectivity index (χ3n) is 2.40. The van der Waals surface area contributed by atoms with Gasteiger partial charge in [-0.2, -0.15) is 10.5 Å². The molecule has 0 aromatic heterocycles. The fourth-order valence-corrected chi connectivity index (χ4v) is 1.59. The molecule has 1 aromatic carbocycles. The quantitative estimate of drug-likeness (QED) is 0.785. The molecule has 0 aliphatic carbocycles. The van der Waals surface area contributed by atoms with E-state index in [4.69, 9.17) is 15.6 Å². The Morgan fingerprint density at radius 1 is 1.16 bits per heavy atom. The van der Waals surface area contributed by atoms with E-state index in [2.05, 4.69) is 0 Å². The average molecular weight is 257 g/mol. The van der Waals surface area contributed by atoms with E-state index in [1.54, 1.807) is 24.3 Å². The summed E-state index contributed by atoms with van der Waals surface area (Å²) in [7, 11) is 0. The second-order valence-electron chi connectivity index (χ2n) is 3.71. The van der Waals surface area contributed by atoms with Crippen LogP contribution in [0.5, 0.6) is 0 Å². The van der Waals surface area contributed by atoms with Gasteiger partial charge in [-0.1, -0.05) is 18.2 Å². The van der Waals surface area contributed by atoms with Crippen LogP contribution in [-0.2, 0) is 11.2 Å². The highest BCUT2D eigenvalue weighted by Gasteiger charge is 2.19. The van der Waals surface area contributed by atoms with Crippen molar-refractivity contribution in [3.63, 3.8) is 0 Å². The fourth-order valence-electron chi connectivity index (χ4n) is 1.59. The van der Waals surface area contributed by atoms with Gasteiger partial charge in [-0.3, -0.25) is 9.59 Å². The molecule has 1 aromatic rings. The molecule has 0 spiro atoms. The summed E-state index contributed by atoms with van der Waals surface area (Å²) < 4.78 is 0. The molecule has 0 aliphatic heterocycles. The molecule has 1 amide bonds. The van der Waals surface area contributed by atoms with E-state index >= 15 is 0 Å². The van der Waals surface area contributed by atoms with Gasteiger partial charge in [-0.05, 0) is 11.6 Å². The van der Waals surface area contributed by atoms with Crippen LogP contribution in [0.15, 0.2) is 24.3 Å². The van der Waals surface area contributed by atoms with Crippen LogP contribution >= 0.6 is 0 Å². The van der Waals surface area contributed by atoms with Gasteiger partial charge in [0, 0.05) is 5.56 Å². The lowest BCUT2D eigenvalue weighted by Gasteiger charge is -2.17. The molecule has 0 heterocycles. The van der Waals surface area contributed by atoms with Gasteiger partial charge < -0.3 is 10.0 Å². The second-order valence-corrected chi connectivity index (χ2v) is 3.71. The Morgan fingerprint density at radius 2 is 1.74 bits per heavy atom. The van der Waals surface area contributed by atoms with E-state index in [9.17, 15) is 9.59 Å². The molecular formula is C13H11N3O3. The van der Waals surface area contributed by atoms with Crippen molar-refractivity contribution < 1.29 is 14.7 Å². The van der Waals surface area contributed by atoms with Crippen molar-refractivity contribution in [1.29, 1.82) is 10.5 Å². The molecule has 0 saturated heterocycles. The molecule has 1 N–H and O–H groups in total. The van der Waals surface area contributed by atoms with E-state index in [0.717, 1.165) is 4.90 Å². The molecule has 19 heavy (non-hydrogen) atoms. The minimum absolute atomic E-state index is 0.204. The first-order chi connectivity index (χ1) is 9.10. The Labute approximate surface area is 110 Å². The number of benzene rings is 1. The predicted molar refractivity (Wildman–Crippen MR) is 64.9 cm³/mol. The molecule has 96 valence electrons. The van der Waals surface area contributed by atoms with Crippen LogP contribution in [0.25, 0.3) is 0 Å². The van der Waals surface area contributed by atoms with Crippen LogP contribution in [0.1, 0.15) is 15.9 Å². The molecule has 1 rings (SSSR count). The summed E-state index contributed by atoms with van der Waals surface area (Å²) in [4.78, 5) is 24.0. The van der Waals surface area contributed by atoms with Crippen LogP contribution in [0, 0.1) is 22.7 Å². The second kappa shape index (κ2) is 6.77. The molecule has 0 fully saturated rings. The van der Waals surface area contributed by atoms with E-state index in [0.29, 0.717) is 5.56 Å².